The summed E-state index contributed by atoms with van der Waals surface area (Å²) >= 11 is 0. The van der Waals surface area contributed by atoms with Gasteiger partial charge < -0.3 is 20.5 Å². The monoisotopic (exact) mass is 188 g/mol. The fourth-order valence-electron chi connectivity index (χ4n) is 1.38. The molecule has 3 N–H and O–H groups in total. The molecule has 4 nitrogen and oxygen atoms in total. The van der Waals surface area contributed by atoms with Crippen LogP contribution in [-0.2, 0) is 9.47 Å². The molecule has 1 atom stereocenters. The van der Waals surface area contributed by atoms with Gasteiger partial charge in [-0.2, -0.15) is 0 Å². The Hall–Kier alpha value is -0.160. The molecular formula is C9H20N2O2. The predicted octanol–water partition coefficient (Wildman–Crippen LogP) is -0.412. The topological polar surface area (TPSA) is 56.5 Å². The standard InChI is InChI=1S/C9H20N2O2/c10-2-5-12-6-3-11-7-9-1-4-13-8-9/h9,11H,1-8,10H2. The van der Waals surface area contributed by atoms with Crippen LogP contribution in [0.15, 0.2) is 0 Å². The summed E-state index contributed by atoms with van der Waals surface area (Å²) in [6.45, 7) is 5.82. The summed E-state index contributed by atoms with van der Waals surface area (Å²) in [6.07, 6.45) is 1.19. The van der Waals surface area contributed by atoms with Gasteiger partial charge in [-0.15, -0.1) is 0 Å². The van der Waals surface area contributed by atoms with E-state index in [1.807, 2.05) is 0 Å². The third-order valence-corrected chi connectivity index (χ3v) is 2.14. The second kappa shape index (κ2) is 7.26. The lowest BCUT2D eigenvalue weighted by Gasteiger charge is -2.09. The highest BCUT2D eigenvalue weighted by Gasteiger charge is 2.14. The lowest BCUT2D eigenvalue weighted by atomic mass is 10.1. The van der Waals surface area contributed by atoms with Crippen LogP contribution in [0.2, 0.25) is 0 Å². The molecule has 1 rings (SSSR count). The van der Waals surface area contributed by atoms with Crippen molar-refractivity contribution in [2.24, 2.45) is 11.7 Å². The maximum absolute atomic E-state index is 5.28. The van der Waals surface area contributed by atoms with Gasteiger partial charge in [0.25, 0.3) is 0 Å². The van der Waals surface area contributed by atoms with Crippen molar-refractivity contribution in [2.45, 2.75) is 6.42 Å². The van der Waals surface area contributed by atoms with E-state index in [2.05, 4.69) is 5.32 Å². The van der Waals surface area contributed by atoms with E-state index in [1.165, 1.54) is 6.42 Å². The molecule has 1 aliphatic rings. The molecule has 78 valence electrons. The number of nitrogens with one attached hydrogen (secondary N) is 1. The fraction of sp³-hybridized carbons (Fsp3) is 1.00. The van der Waals surface area contributed by atoms with Gasteiger partial charge in [0.05, 0.1) is 19.8 Å². The Labute approximate surface area is 79.8 Å². The second-order valence-corrected chi connectivity index (χ2v) is 3.33. The first kappa shape index (κ1) is 10.9. The molecule has 0 aliphatic carbocycles. The molecule has 1 aliphatic heterocycles. The third-order valence-electron chi connectivity index (χ3n) is 2.14. The van der Waals surface area contributed by atoms with Crippen molar-refractivity contribution < 1.29 is 9.47 Å². The van der Waals surface area contributed by atoms with Crippen LogP contribution >= 0.6 is 0 Å². The molecule has 0 spiro atoms. The maximum atomic E-state index is 5.28. The van der Waals surface area contributed by atoms with Crippen molar-refractivity contribution in [1.29, 1.82) is 0 Å². The van der Waals surface area contributed by atoms with Crippen molar-refractivity contribution in [3.8, 4) is 0 Å². The first-order valence-corrected chi connectivity index (χ1v) is 4.99. The highest BCUT2D eigenvalue weighted by molar-refractivity contribution is 4.66. The molecule has 0 aromatic carbocycles. The first-order chi connectivity index (χ1) is 6.43. The molecule has 0 bridgehead atoms. The van der Waals surface area contributed by atoms with Gasteiger partial charge >= 0.3 is 0 Å². The normalized spacial score (nSPS) is 22.4. The highest BCUT2D eigenvalue weighted by Crippen LogP contribution is 2.10. The summed E-state index contributed by atoms with van der Waals surface area (Å²) in [6, 6.07) is 0. The molecule has 0 aromatic heterocycles. The zero-order valence-electron chi connectivity index (χ0n) is 8.13. The Morgan fingerprint density at radius 3 is 3.08 bits per heavy atom. The van der Waals surface area contributed by atoms with E-state index >= 15 is 0 Å². The van der Waals surface area contributed by atoms with E-state index in [0.29, 0.717) is 19.1 Å². The van der Waals surface area contributed by atoms with Crippen molar-refractivity contribution in [2.75, 3.05) is 46.1 Å². The third kappa shape index (κ3) is 5.21. The van der Waals surface area contributed by atoms with E-state index in [9.17, 15) is 0 Å². The minimum absolute atomic E-state index is 0.608. The maximum Gasteiger partial charge on any atom is 0.0591 e. The quantitative estimate of drug-likeness (QED) is 0.533. The number of nitrogens with two attached hydrogens (primary N) is 1. The first-order valence-electron chi connectivity index (χ1n) is 4.99. The number of rotatable bonds is 7. The summed E-state index contributed by atoms with van der Waals surface area (Å²) in [5, 5.41) is 3.34. The van der Waals surface area contributed by atoms with Gasteiger partial charge in [0.2, 0.25) is 0 Å². The summed E-state index contributed by atoms with van der Waals surface area (Å²) in [5.74, 6) is 0.703. The summed E-state index contributed by atoms with van der Waals surface area (Å²) in [4.78, 5) is 0. The van der Waals surface area contributed by atoms with E-state index in [4.69, 9.17) is 15.2 Å². The Kier molecular flexibility index (Phi) is 6.10. The van der Waals surface area contributed by atoms with Crippen LogP contribution in [-0.4, -0.2) is 46.1 Å². The van der Waals surface area contributed by atoms with E-state index < -0.39 is 0 Å². The zero-order chi connectivity index (χ0) is 9.36. The molecule has 1 unspecified atom stereocenters. The van der Waals surface area contributed by atoms with Crippen LogP contribution in [0, 0.1) is 5.92 Å². The van der Waals surface area contributed by atoms with E-state index in [-0.39, 0.29) is 0 Å². The summed E-state index contributed by atoms with van der Waals surface area (Å²) in [7, 11) is 0. The Morgan fingerprint density at radius 2 is 2.38 bits per heavy atom. The zero-order valence-corrected chi connectivity index (χ0v) is 8.13. The Balaban J connectivity index is 1.78. The molecule has 0 radical (unpaired) electrons. The van der Waals surface area contributed by atoms with Gasteiger partial charge in [0, 0.05) is 26.2 Å². The lowest BCUT2D eigenvalue weighted by molar-refractivity contribution is 0.141. The van der Waals surface area contributed by atoms with Gasteiger partial charge in [-0.05, 0) is 12.3 Å². The molecule has 0 aromatic rings. The van der Waals surface area contributed by atoms with Gasteiger partial charge in [-0.25, -0.2) is 0 Å². The van der Waals surface area contributed by atoms with Crippen LogP contribution in [0.25, 0.3) is 0 Å². The largest absolute Gasteiger partial charge is 0.381 e. The van der Waals surface area contributed by atoms with Crippen LogP contribution in [0.3, 0.4) is 0 Å². The Morgan fingerprint density at radius 1 is 1.46 bits per heavy atom. The molecule has 0 amide bonds. The van der Waals surface area contributed by atoms with Crippen LogP contribution in [0.4, 0.5) is 0 Å². The summed E-state index contributed by atoms with van der Waals surface area (Å²) < 4.78 is 10.5. The fourth-order valence-corrected chi connectivity index (χ4v) is 1.38. The Bertz CT molecular complexity index is 116. The van der Waals surface area contributed by atoms with Gasteiger partial charge in [-0.3, -0.25) is 0 Å². The molecule has 4 heteroatoms. The smallest absolute Gasteiger partial charge is 0.0591 e. The minimum atomic E-state index is 0.608. The van der Waals surface area contributed by atoms with Gasteiger partial charge in [-0.1, -0.05) is 0 Å². The summed E-state index contributed by atoms with van der Waals surface area (Å²) in [5.41, 5.74) is 5.28. The molecular weight excluding hydrogens is 168 g/mol. The minimum Gasteiger partial charge on any atom is -0.381 e. The van der Waals surface area contributed by atoms with Gasteiger partial charge in [0.15, 0.2) is 0 Å². The molecule has 0 saturated carbocycles. The van der Waals surface area contributed by atoms with Gasteiger partial charge in [0.1, 0.15) is 0 Å². The number of ether oxygens (including phenoxy) is 2. The molecule has 1 fully saturated rings. The van der Waals surface area contributed by atoms with Crippen molar-refractivity contribution in [1.82, 2.24) is 5.32 Å². The van der Waals surface area contributed by atoms with E-state index in [0.717, 1.165) is 32.9 Å². The van der Waals surface area contributed by atoms with E-state index in [1.54, 1.807) is 0 Å². The SMILES string of the molecule is NCCOCCNCC1CCOC1. The number of hydrogen-bond acceptors (Lipinski definition) is 4. The average molecular weight is 188 g/mol. The van der Waals surface area contributed by atoms with Crippen LogP contribution in [0.5, 0.6) is 0 Å². The molecule has 1 heterocycles. The lowest BCUT2D eigenvalue weighted by Crippen LogP contribution is -2.27. The predicted molar refractivity (Wildman–Crippen MR) is 51.7 cm³/mol. The number of hydrogen-bond donors (Lipinski definition) is 2. The highest BCUT2D eigenvalue weighted by atomic mass is 16.5. The van der Waals surface area contributed by atoms with Crippen molar-refractivity contribution >= 4 is 0 Å². The molecule has 1 saturated heterocycles. The van der Waals surface area contributed by atoms with Crippen LogP contribution < -0.4 is 11.1 Å². The second-order valence-electron chi connectivity index (χ2n) is 3.33. The average Bonchev–Trinajstić information content (AvgIpc) is 2.63. The van der Waals surface area contributed by atoms with Crippen molar-refractivity contribution in [3.05, 3.63) is 0 Å². The van der Waals surface area contributed by atoms with Crippen LogP contribution in [0.1, 0.15) is 6.42 Å². The van der Waals surface area contributed by atoms with Crippen molar-refractivity contribution in [3.63, 3.8) is 0 Å². The molecule has 13 heavy (non-hydrogen) atoms.